The molecule has 0 aliphatic rings. The van der Waals surface area contributed by atoms with Crippen molar-refractivity contribution in [1.29, 1.82) is 0 Å². The number of hydrogen-bond acceptors (Lipinski definition) is 2. The second-order valence-electron chi connectivity index (χ2n) is 3.19. The van der Waals surface area contributed by atoms with E-state index in [1.807, 2.05) is 27.7 Å². The van der Waals surface area contributed by atoms with Crippen molar-refractivity contribution >= 4 is 0 Å². The molecule has 66 valence electrons. The summed E-state index contributed by atoms with van der Waals surface area (Å²) in [6.07, 6.45) is 1.53. The molecule has 11 heavy (non-hydrogen) atoms. The van der Waals surface area contributed by atoms with Gasteiger partial charge in [0.2, 0.25) is 0 Å². The first kappa shape index (κ1) is 10.7. The Kier molecular flexibility index (Phi) is 5.16. The van der Waals surface area contributed by atoms with Gasteiger partial charge in [0.25, 0.3) is 0 Å². The SMILES string of the molecule is CC(C)=CC(O)COC(C)C. The van der Waals surface area contributed by atoms with Crippen LogP contribution < -0.4 is 0 Å². The Morgan fingerprint density at radius 3 is 2.36 bits per heavy atom. The third kappa shape index (κ3) is 7.56. The summed E-state index contributed by atoms with van der Waals surface area (Å²) >= 11 is 0. The van der Waals surface area contributed by atoms with Crippen LogP contribution >= 0.6 is 0 Å². The molecule has 2 nitrogen and oxygen atoms in total. The lowest BCUT2D eigenvalue weighted by Crippen LogP contribution is -2.16. The Hall–Kier alpha value is -0.340. The topological polar surface area (TPSA) is 29.5 Å². The minimum Gasteiger partial charge on any atom is -0.387 e. The number of rotatable bonds is 4. The molecule has 0 rings (SSSR count). The molecule has 1 N–H and O–H groups in total. The van der Waals surface area contributed by atoms with Gasteiger partial charge in [-0.15, -0.1) is 0 Å². The molecule has 1 unspecified atom stereocenters. The van der Waals surface area contributed by atoms with Crippen molar-refractivity contribution in [2.45, 2.75) is 39.9 Å². The van der Waals surface area contributed by atoms with Crippen LogP contribution in [-0.2, 0) is 4.74 Å². The van der Waals surface area contributed by atoms with E-state index in [-0.39, 0.29) is 6.10 Å². The van der Waals surface area contributed by atoms with Crippen LogP contribution in [0.5, 0.6) is 0 Å². The van der Waals surface area contributed by atoms with Gasteiger partial charge in [0.05, 0.1) is 18.8 Å². The Morgan fingerprint density at radius 1 is 1.45 bits per heavy atom. The fraction of sp³-hybridized carbons (Fsp3) is 0.778. The molecule has 1 atom stereocenters. The fourth-order valence-electron chi connectivity index (χ4n) is 0.724. The van der Waals surface area contributed by atoms with Crippen LogP contribution in [-0.4, -0.2) is 23.9 Å². The van der Waals surface area contributed by atoms with Gasteiger partial charge in [-0.3, -0.25) is 0 Å². The molecule has 0 aliphatic heterocycles. The van der Waals surface area contributed by atoms with Gasteiger partial charge in [-0.25, -0.2) is 0 Å². The highest BCUT2D eigenvalue weighted by Crippen LogP contribution is 1.97. The first-order valence-corrected chi connectivity index (χ1v) is 3.97. The Morgan fingerprint density at radius 2 is 2.00 bits per heavy atom. The van der Waals surface area contributed by atoms with E-state index >= 15 is 0 Å². The largest absolute Gasteiger partial charge is 0.387 e. The third-order valence-electron chi connectivity index (χ3n) is 1.13. The Labute approximate surface area is 68.9 Å². The van der Waals surface area contributed by atoms with Gasteiger partial charge in [0.15, 0.2) is 0 Å². The maximum atomic E-state index is 9.27. The Balaban J connectivity index is 3.53. The number of ether oxygens (including phenoxy) is 1. The number of hydrogen-bond donors (Lipinski definition) is 1. The van der Waals surface area contributed by atoms with Gasteiger partial charge in [-0.2, -0.15) is 0 Å². The van der Waals surface area contributed by atoms with Gasteiger partial charge in [-0.05, 0) is 27.7 Å². The van der Waals surface area contributed by atoms with Gasteiger partial charge in [0, 0.05) is 0 Å². The molecular formula is C9H18O2. The van der Waals surface area contributed by atoms with E-state index < -0.39 is 6.10 Å². The number of aliphatic hydroxyl groups is 1. The van der Waals surface area contributed by atoms with E-state index in [1.165, 1.54) is 0 Å². The van der Waals surface area contributed by atoms with Crippen LogP contribution in [0, 0.1) is 0 Å². The van der Waals surface area contributed by atoms with Crippen molar-refractivity contribution in [3.8, 4) is 0 Å². The van der Waals surface area contributed by atoms with Gasteiger partial charge in [0.1, 0.15) is 0 Å². The predicted octanol–water partition coefficient (Wildman–Crippen LogP) is 1.74. The van der Waals surface area contributed by atoms with Crippen LogP contribution in [0.4, 0.5) is 0 Å². The van der Waals surface area contributed by atoms with Crippen molar-refractivity contribution in [3.63, 3.8) is 0 Å². The molecule has 0 saturated carbocycles. The fourth-order valence-corrected chi connectivity index (χ4v) is 0.724. The van der Waals surface area contributed by atoms with E-state index in [0.29, 0.717) is 6.61 Å². The predicted molar refractivity (Wildman–Crippen MR) is 46.5 cm³/mol. The zero-order valence-corrected chi connectivity index (χ0v) is 7.79. The maximum absolute atomic E-state index is 9.27. The maximum Gasteiger partial charge on any atom is 0.0957 e. The monoisotopic (exact) mass is 158 g/mol. The average molecular weight is 158 g/mol. The van der Waals surface area contributed by atoms with E-state index in [1.54, 1.807) is 6.08 Å². The highest BCUT2D eigenvalue weighted by Gasteiger charge is 2.00. The van der Waals surface area contributed by atoms with Crippen molar-refractivity contribution in [2.24, 2.45) is 0 Å². The smallest absolute Gasteiger partial charge is 0.0957 e. The van der Waals surface area contributed by atoms with Crippen molar-refractivity contribution in [3.05, 3.63) is 11.6 Å². The van der Waals surface area contributed by atoms with Crippen LogP contribution in [0.25, 0.3) is 0 Å². The van der Waals surface area contributed by atoms with E-state index in [2.05, 4.69) is 0 Å². The zero-order valence-electron chi connectivity index (χ0n) is 7.79. The normalized spacial score (nSPS) is 13.3. The van der Waals surface area contributed by atoms with Crippen LogP contribution in [0.3, 0.4) is 0 Å². The summed E-state index contributed by atoms with van der Waals surface area (Å²) in [5.41, 5.74) is 1.12. The molecule has 0 amide bonds. The number of aliphatic hydroxyl groups excluding tert-OH is 1. The summed E-state index contributed by atoms with van der Waals surface area (Å²) in [5, 5.41) is 9.27. The first-order valence-electron chi connectivity index (χ1n) is 3.97. The zero-order chi connectivity index (χ0) is 8.85. The highest BCUT2D eigenvalue weighted by molar-refractivity contribution is 4.97. The minimum atomic E-state index is -0.456. The summed E-state index contributed by atoms with van der Waals surface area (Å²) in [6.45, 7) is 8.21. The molecule has 0 aromatic heterocycles. The van der Waals surface area contributed by atoms with E-state index in [4.69, 9.17) is 4.74 Å². The molecule has 0 aromatic carbocycles. The lowest BCUT2D eigenvalue weighted by Gasteiger charge is -2.10. The summed E-state index contributed by atoms with van der Waals surface area (Å²) in [5.74, 6) is 0. The summed E-state index contributed by atoms with van der Waals surface area (Å²) < 4.78 is 5.21. The van der Waals surface area contributed by atoms with Gasteiger partial charge < -0.3 is 9.84 Å². The molecule has 0 fully saturated rings. The second-order valence-corrected chi connectivity index (χ2v) is 3.19. The molecule has 0 radical (unpaired) electrons. The van der Waals surface area contributed by atoms with Crippen LogP contribution in [0.2, 0.25) is 0 Å². The van der Waals surface area contributed by atoms with Crippen LogP contribution in [0.1, 0.15) is 27.7 Å². The standard InChI is InChI=1S/C9H18O2/c1-7(2)5-9(10)6-11-8(3)4/h5,8-10H,6H2,1-4H3. The first-order chi connectivity index (χ1) is 5.02. The summed E-state index contributed by atoms with van der Waals surface area (Å²) in [7, 11) is 0. The molecule has 0 saturated heterocycles. The van der Waals surface area contributed by atoms with Crippen molar-refractivity contribution in [2.75, 3.05) is 6.61 Å². The third-order valence-corrected chi connectivity index (χ3v) is 1.13. The molecule has 2 heteroatoms. The van der Waals surface area contributed by atoms with Gasteiger partial charge in [-0.1, -0.05) is 11.6 Å². The van der Waals surface area contributed by atoms with Crippen molar-refractivity contribution in [1.82, 2.24) is 0 Å². The summed E-state index contributed by atoms with van der Waals surface area (Å²) in [4.78, 5) is 0. The van der Waals surface area contributed by atoms with E-state index in [9.17, 15) is 5.11 Å². The number of allylic oxidation sites excluding steroid dienone is 1. The van der Waals surface area contributed by atoms with Crippen LogP contribution in [0.15, 0.2) is 11.6 Å². The molecule has 0 bridgehead atoms. The lowest BCUT2D eigenvalue weighted by atomic mass is 10.2. The highest BCUT2D eigenvalue weighted by atomic mass is 16.5. The second kappa shape index (κ2) is 5.33. The molecule has 0 aromatic rings. The molecule has 0 aliphatic carbocycles. The summed E-state index contributed by atoms with van der Waals surface area (Å²) in [6, 6.07) is 0. The lowest BCUT2D eigenvalue weighted by molar-refractivity contribution is 0.0237. The van der Waals surface area contributed by atoms with Crippen molar-refractivity contribution < 1.29 is 9.84 Å². The quantitative estimate of drug-likeness (QED) is 0.631. The average Bonchev–Trinajstić information content (AvgIpc) is 1.82. The molecule has 0 spiro atoms. The van der Waals surface area contributed by atoms with E-state index in [0.717, 1.165) is 5.57 Å². The Bertz CT molecular complexity index is 124. The van der Waals surface area contributed by atoms with Gasteiger partial charge >= 0.3 is 0 Å². The molecular weight excluding hydrogens is 140 g/mol. The molecule has 0 heterocycles. The minimum absolute atomic E-state index is 0.190.